The van der Waals surface area contributed by atoms with E-state index in [1.807, 2.05) is 0 Å². The number of likely N-dealkylation sites (tertiary alicyclic amines) is 1. The van der Waals surface area contributed by atoms with E-state index in [4.69, 9.17) is 5.11 Å². The van der Waals surface area contributed by atoms with E-state index in [1.165, 1.54) is 0 Å². The minimum atomic E-state index is -1.07. The minimum Gasteiger partial charge on any atom is -0.480 e. The summed E-state index contributed by atoms with van der Waals surface area (Å²) >= 11 is 0. The summed E-state index contributed by atoms with van der Waals surface area (Å²) in [7, 11) is 0. The zero-order chi connectivity index (χ0) is 15.1. The molecule has 7 nitrogen and oxygen atoms in total. The lowest BCUT2D eigenvalue weighted by Gasteiger charge is -2.19. The Kier molecular flexibility index (Phi) is 6.27. The van der Waals surface area contributed by atoms with Gasteiger partial charge in [-0.1, -0.05) is 13.8 Å². The van der Waals surface area contributed by atoms with E-state index in [2.05, 4.69) is 10.6 Å². The number of carboxylic acids is 1. The van der Waals surface area contributed by atoms with Crippen LogP contribution in [0, 0.1) is 5.92 Å². The van der Waals surface area contributed by atoms with Crippen LogP contribution < -0.4 is 10.6 Å². The molecule has 1 atom stereocenters. The Morgan fingerprint density at radius 3 is 2.30 bits per heavy atom. The predicted octanol–water partition coefficient (Wildman–Crippen LogP) is 0.407. The Labute approximate surface area is 118 Å². The van der Waals surface area contributed by atoms with Gasteiger partial charge in [-0.3, -0.25) is 4.79 Å². The number of urea groups is 1. The predicted molar refractivity (Wildman–Crippen MR) is 73.2 cm³/mol. The third-order valence-electron chi connectivity index (χ3n) is 3.30. The van der Waals surface area contributed by atoms with Crippen molar-refractivity contribution in [2.75, 3.05) is 19.6 Å². The van der Waals surface area contributed by atoms with E-state index < -0.39 is 18.0 Å². The van der Waals surface area contributed by atoms with Crippen molar-refractivity contribution < 1.29 is 19.5 Å². The fourth-order valence-electron chi connectivity index (χ4n) is 2.11. The van der Waals surface area contributed by atoms with Crippen LogP contribution in [0.1, 0.15) is 33.1 Å². The highest BCUT2D eigenvalue weighted by atomic mass is 16.4. The number of nitrogens with one attached hydrogen (secondary N) is 2. The minimum absolute atomic E-state index is 0.0291. The van der Waals surface area contributed by atoms with Crippen molar-refractivity contribution in [3.05, 3.63) is 0 Å². The normalized spacial score (nSPS) is 16.1. The second-order valence-electron chi connectivity index (χ2n) is 5.30. The van der Waals surface area contributed by atoms with Crippen molar-refractivity contribution >= 4 is 17.9 Å². The summed E-state index contributed by atoms with van der Waals surface area (Å²) in [4.78, 5) is 36.0. The molecule has 1 aliphatic rings. The Bertz CT molecular complexity index is 365. The quantitative estimate of drug-likeness (QED) is 0.658. The monoisotopic (exact) mass is 285 g/mol. The first kappa shape index (κ1) is 16.3. The van der Waals surface area contributed by atoms with Crippen LogP contribution in [0.2, 0.25) is 0 Å². The van der Waals surface area contributed by atoms with Gasteiger partial charge in [0.2, 0.25) is 5.91 Å². The number of carbonyl (C=O) groups excluding carboxylic acids is 2. The molecule has 3 N–H and O–H groups in total. The summed E-state index contributed by atoms with van der Waals surface area (Å²) in [6.07, 6.45) is 2.31. The topological polar surface area (TPSA) is 98.7 Å². The molecule has 1 heterocycles. The van der Waals surface area contributed by atoms with Gasteiger partial charge in [0.1, 0.15) is 6.04 Å². The van der Waals surface area contributed by atoms with E-state index in [9.17, 15) is 14.4 Å². The van der Waals surface area contributed by atoms with Gasteiger partial charge >= 0.3 is 12.0 Å². The Morgan fingerprint density at radius 2 is 1.80 bits per heavy atom. The lowest BCUT2D eigenvalue weighted by atomic mass is 10.1. The molecular formula is C13H23N3O4. The molecule has 0 radical (unpaired) electrons. The summed E-state index contributed by atoms with van der Waals surface area (Å²) in [6.45, 7) is 5.23. The van der Waals surface area contributed by atoms with Crippen molar-refractivity contribution in [1.29, 1.82) is 0 Å². The van der Waals surface area contributed by atoms with Gasteiger partial charge in [0, 0.05) is 26.1 Å². The third kappa shape index (κ3) is 5.07. The maximum atomic E-state index is 11.7. The van der Waals surface area contributed by atoms with E-state index in [0.29, 0.717) is 0 Å². The molecule has 1 aliphatic heterocycles. The Balaban J connectivity index is 2.25. The zero-order valence-electron chi connectivity index (χ0n) is 12.0. The van der Waals surface area contributed by atoms with Crippen molar-refractivity contribution in [1.82, 2.24) is 15.5 Å². The first-order valence-corrected chi connectivity index (χ1v) is 6.96. The molecule has 114 valence electrons. The van der Waals surface area contributed by atoms with Crippen LogP contribution in [0.5, 0.6) is 0 Å². The van der Waals surface area contributed by atoms with E-state index in [1.54, 1.807) is 18.7 Å². The number of rotatable bonds is 6. The average molecular weight is 285 g/mol. The van der Waals surface area contributed by atoms with E-state index >= 15 is 0 Å². The molecule has 1 saturated heterocycles. The second-order valence-corrected chi connectivity index (χ2v) is 5.30. The lowest BCUT2D eigenvalue weighted by Crippen LogP contribution is -2.49. The molecule has 20 heavy (non-hydrogen) atoms. The standard InChI is InChI=1S/C13H23N3O4/c1-9(2)11(12(18)19)15-13(20)14-6-5-10(17)16-7-3-4-8-16/h9,11H,3-8H2,1-2H3,(H,18,19)(H2,14,15,20). The largest absolute Gasteiger partial charge is 0.480 e. The number of hydrogen-bond donors (Lipinski definition) is 3. The van der Waals surface area contributed by atoms with Gasteiger partial charge in [0.05, 0.1) is 0 Å². The molecule has 0 bridgehead atoms. The number of carboxylic acid groups (broad SMARTS) is 1. The van der Waals surface area contributed by atoms with Crippen LogP contribution >= 0.6 is 0 Å². The van der Waals surface area contributed by atoms with Crippen molar-refractivity contribution in [3.8, 4) is 0 Å². The van der Waals surface area contributed by atoms with E-state index in [0.717, 1.165) is 25.9 Å². The first-order valence-electron chi connectivity index (χ1n) is 6.96. The second kappa shape index (κ2) is 7.72. The molecule has 0 aliphatic carbocycles. The molecule has 7 heteroatoms. The van der Waals surface area contributed by atoms with E-state index in [-0.39, 0.29) is 24.8 Å². The highest BCUT2D eigenvalue weighted by Gasteiger charge is 2.23. The maximum absolute atomic E-state index is 11.7. The zero-order valence-corrected chi connectivity index (χ0v) is 12.0. The van der Waals surface area contributed by atoms with Gasteiger partial charge in [-0.25, -0.2) is 9.59 Å². The Morgan fingerprint density at radius 1 is 1.20 bits per heavy atom. The van der Waals surface area contributed by atoms with Crippen LogP contribution in [0.3, 0.4) is 0 Å². The van der Waals surface area contributed by atoms with Crippen LogP contribution in [-0.4, -0.2) is 53.6 Å². The molecule has 0 saturated carbocycles. The Hall–Kier alpha value is -1.79. The van der Waals surface area contributed by atoms with Crippen molar-refractivity contribution in [2.45, 2.75) is 39.2 Å². The number of nitrogens with zero attached hydrogens (tertiary/aromatic N) is 1. The molecule has 0 aromatic heterocycles. The van der Waals surface area contributed by atoms with Crippen molar-refractivity contribution in [2.24, 2.45) is 5.92 Å². The molecule has 1 rings (SSSR count). The fraction of sp³-hybridized carbons (Fsp3) is 0.769. The molecular weight excluding hydrogens is 262 g/mol. The summed E-state index contributed by atoms with van der Waals surface area (Å²) in [5.41, 5.74) is 0. The van der Waals surface area contributed by atoms with Crippen LogP contribution in [-0.2, 0) is 9.59 Å². The smallest absolute Gasteiger partial charge is 0.326 e. The molecule has 0 aromatic carbocycles. The van der Waals surface area contributed by atoms with Gasteiger partial charge in [-0.15, -0.1) is 0 Å². The molecule has 3 amide bonds. The SMILES string of the molecule is CC(C)C(NC(=O)NCCC(=O)N1CCCC1)C(=O)O. The number of aliphatic carboxylic acids is 1. The number of amides is 3. The summed E-state index contributed by atoms with van der Waals surface area (Å²) in [5, 5.41) is 13.8. The third-order valence-corrected chi connectivity index (χ3v) is 3.30. The molecule has 1 fully saturated rings. The van der Waals surface area contributed by atoms with Gasteiger partial charge in [0.15, 0.2) is 0 Å². The molecule has 0 spiro atoms. The van der Waals surface area contributed by atoms with Crippen LogP contribution in [0.15, 0.2) is 0 Å². The highest BCUT2D eigenvalue weighted by molar-refractivity contribution is 5.83. The maximum Gasteiger partial charge on any atom is 0.326 e. The lowest BCUT2D eigenvalue weighted by molar-refractivity contribution is -0.140. The summed E-state index contributed by atoms with van der Waals surface area (Å²) in [5.74, 6) is -1.24. The fourth-order valence-corrected chi connectivity index (χ4v) is 2.11. The number of carbonyl (C=O) groups is 3. The van der Waals surface area contributed by atoms with Crippen LogP contribution in [0.25, 0.3) is 0 Å². The van der Waals surface area contributed by atoms with Gasteiger partial charge in [-0.2, -0.15) is 0 Å². The average Bonchev–Trinajstić information content (AvgIpc) is 2.88. The van der Waals surface area contributed by atoms with Gasteiger partial charge in [-0.05, 0) is 18.8 Å². The number of hydrogen-bond acceptors (Lipinski definition) is 3. The van der Waals surface area contributed by atoms with Crippen molar-refractivity contribution in [3.63, 3.8) is 0 Å². The van der Waals surface area contributed by atoms with Crippen LogP contribution in [0.4, 0.5) is 4.79 Å². The van der Waals surface area contributed by atoms with Gasteiger partial charge < -0.3 is 20.6 Å². The highest BCUT2D eigenvalue weighted by Crippen LogP contribution is 2.08. The van der Waals surface area contributed by atoms with Gasteiger partial charge in [0.25, 0.3) is 0 Å². The summed E-state index contributed by atoms with van der Waals surface area (Å²) < 4.78 is 0. The molecule has 0 aromatic rings. The molecule has 1 unspecified atom stereocenters. The summed E-state index contributed by atoms with van der Waals surface area (Å²) in [6, 6.07) is -1.48. The first-order chi connectivity index (χ1) is 9.41.